The van der Waals surface area contributed by atoms with Crippen molar-refractivity contribution in [2.75, 3.05) is 0 Å². The van der Waals surface area contributed by atoms with Crippen molar-refractivity contribution in [1.82, 2.24) is 10.3 Å². The lowest BCUT2D eigenvalue weighted by Gasteiger charge is -2.14. The van der Waals surface area contributed by atoms with Crippen LogP contribution in [0.5, 0.6) is 0 Å². The number of carbonyl (C=O) groups is 1. The summed E-state index contributed by atoms with van der Waals surface area (Å²) in [4.78, 5) is 15.9. The smallest absolute Gasteiger partial charge is 0.251 e. The fourth-order valence-corrected chi connectivity index (χ4v) is 2.16. The van der Waals surface area contributed by atoms with Crippen molar-refractivity contribution in [2.24, 2.45) is 0 Å². The molecule has 1 unspecified atom stereocenters. The van der Waals surface area contributed by atoms with Gasteiger partial charge in [0.05, 0.1) is 6.04 Å². The third kappa shape index (κ3) is 3.69. The standard InChI is InChI=1S/C14H12Cl2N2O/c1-9(10-5-3-2-4-6-10)17-14(19)11-7-12(15)18-13(16)8-11/h2-9H,1H3,(H,17,19). The molecule has 0 fully saturated rings. The van der Waals surface area contributed by atoms with Crippen molar-refractivity contribution in [2.45, 2.75) is 13.0 Å². The Hall–Kier alpha value is -1.58. The Labute approximate surface area is 121 Å². The summed E-state index contributed by atoms with van der Waals surface area (Å²) in [6, 6.07) is 12.6. The predicted octanol–water partition coefficient (Wildman–Crippen LogP) is 3.88. The third-order valence-corrected chi connectivity index (χ3v) is 3.06. The Morgan fingerprint density at radius 2 is 1.74 bits per heavy atom. The first-order chi connectivity index (χ1) is 9.06. The quantitative estimate of drug-likeness (QED) is 0.873. The number of amides is 1. The monoisotopic (exact) mass is 294 g/mol. The summed E-state index contributed by atoms with van der Waals surface area (Å²) in [6.45, 7) is 1.91. The second-order valence-corrected chi connectivity index (χ2v) is 4.88. The summed E-state index contributed by atoms with van der Waals surface area (Å²) < 4.78 is 0. The van der Waals surface area contributed by atoms with E-state index in [1.54, 1.807) is 0 Å². The first-order valence-corrected chi connectivity index (χ1v) is 6.51. The first kappa shape index (κ1) is 13.8. The Morgan fingerprint density at radius 3 is 2.32 bits per heavy atom. The van der Waals surface area contributed by atoms with Crippen molar-refractivity contribution in [3.05, 3.63) is 63.9 Å². The number of nitrogens with one attached hydrogen (secondary N) is 1. The molecule has 0 aliphatic carbocycles. The topological polar surface area (TPSA) is 42.0 Å². The van der Waals surface area contributed by atoms with Crippen LogP contribution in [0.2, 0.25) is 10.3 Å². The van der Waals surface area contributed by atoms with Crippen molar-refractivity contribution in [3.8, 4) is 0 Å². The van der Waals surface area contributed by atoms with Gasteiger partial charge in [-0.2, -0.15) is 0 Å². The predicted molar refractivity (Wildman–Crippen MR) is 76.6 cm³/mol. The Balaban J connectivity index is 2.13. The molecule has 2 aromatic rings. The Bertz CT molecular complexity index is 567. The molecule has 2 rings (SSSR count). The largest absolute Gasteiger partial charge is 0.346 e. The number of benzene rings is 1. The minimum absolute atomic E-state index is 0.0978. The molecule has 0 aliphatic rings. The lowest BCUT2D eigenvalue weighted by Crippen LogP contribution is -2.26. The highest BCUT2D eigenvalue weighted by Crippen LogP contribution is 2.16. The number of nitrogens with zero attached hydrogens (tertiary/aromatic N) is 1. The van der Waals surface area contributed by atoms with Gasteiger partial charge in [0.1, 0.15) is 10.3 Å². The van der Waals surface area contributed by atoms with E-state index in [1.165, 1.54) is 12.1 Å². The summed E-state index contributed by atoms with van der Waals surface area (Å²) in [6.07, 6.45) is 0. The summed E-state index contributed by atoms with van der Waals surface area (Å²) in [5.74, 6) is -0.234. The number of hydrogen-bond acceptors (Lipinski definition) is 2. The Morgan fingerprint density at radius 1 is 1.16 bits per heavy atom. The number of rotatable bonds is 3. The highest BCUT2D eigenvalue weighted by Gasteiger charge is 2.12. The van der Waals surface area contributed by atoms with Gasteiger partial charge < -0.3 is 5.32 Å². The second-order valence-electron chi connectivity index (χ2n) is 4.11. The van der Waals surface area contributed by atoms with E-state index in [9.17, 15) is 4.79 Å². The molecule has 3 nitrogen and oxygen atoms in total. The van der Waals surface area contributed by atoms with Gasteiger partial charge in [-0.15, -0.1) is 0 Å². The Kier molecular flexibility index (Phi) is 4.40. The first-order valence-electron chi connectivity index (χ1n) is 5.75. The molecule has 98 valence electrons. The van der Waals surface area contributed by atoms with E-state index in [1.807, 2.05) is 37.3 Å². The molecule has 1 heterocycles. The number of aromatic nitrogens is 1. The van der Waals surface area contributed by atoms with Gasteiger partial charge >= 0.3 is 0 Å². The minimum Gasteiger partial charge on any atom is -0.346 e. The molecule has 1 amide bonds. The van der Waals surface area contributed by atoms with Crippen LogP contribution in [0.15, 0.2) is 42.5 Å². The van der Waals surface area contributed by atoms with Gasteiger partial charge in [-0.05, 0) is 24.6 Å². The van der Waals surface area contributed by atoms with Crippen LogP contribution in [0.4, 0.5) is 0 Å². The van der Waals surface area contributed by atoms with Crippen LogP contribution in [0.1, 0.15) is 28.9 Å². The van der Waals surface area contributed by atoms with Gasteiger partial charge in [0.15, 0.2) is 0 Å². The summed E-state index contributed by atoms with van der Waals surface area (Å²) in [7, 11) is 0. The van der Waals surface area contributed by atoms with Gasteiger partial charge in [-0.3, -0.25) is 4.79 Å². The van der Waals surface area contributed by atoms with Crippen LogP contribution < -0.4 is 5.32 Å². The fraction of sp³-hybridized carbons (Fsp3) is 0.143. The molecule has 5 heteroatoms. The zero-order chi connectivity index (χ0) is 13.8. The molecule has 0 aliphatic heterocycles. The van der Waals surface area contributed by atoms with Crippen molar-refractivity contribution in [3.63, 3.8) is 0 Å². The van der Waals surface area contributed by atoms with Gasteiger partial charge in [0, 0.05) is 5.56 Å². The maximum absolute atomic E-state index is 12.1. The molecule has 0 radical (unpaired) electrons. The number of carbonyl (C=O) groups excluding carboxylic acids is 1. The highest BCUT2D eigenvalue weighted by molar-refractivity contribution is 6.33. The molecule has 19 heavy (non-hydrogen) atoms. The molecule has 0 bridgehead atoms. The van der Waals surface area contributed by atoms with E-state index in [0.29, 0.717) is 5.56 Å². The molecular formula is C14H12Cl2N2O. The van der Waals surface area contributed by atoms with Crippen LogP contribution >= 0.6 is 23.2 Å². The molecule has 0 saturated heterocycles. The lowest BCUT2D eigenvalue weighted by atomic mass is 10.1. The second kappa shape index (κ2) is 6.04. The minimum atomic E-state index is -0.234. The lowest BCUT2D eigenvalue weighted by molar-refractivity contribution is 0.0940. The highest BCUT2D eigenvalue weighted by atomic mass is 35.5. The maximum Gasteiger partial charge on any atom is 0.251 e. The normalized spacial score (nSPS) is 11.9. The van der Waals surface area contributed by atoms with E-state index < -0.39 is 0 Å². The third-order valence-electron chi connectivity index (χ3n) is 2.67. The number of hydrogen-bond donors (Lipinski definition) is 1. The van der Waals surface area contributed by atoms with Crippen molar-refractivity contribution < 1.29 is 4.79 Å². The van der Waals surface area contributed by atoms with Crippen LogP contribution in [0.3, 0.4) is 0 Å². The fourth-order valence-electron chi connectivity index (χ4n) is 1.70. The van der Waals surface area contributed by atoms with E-state index in [0.717, 1.165) is 5.56 Å². The van der Waals surface area contributed by atoms with Crippen LogP contribution in [0, 0.1) is 0 Å². The van der Waals surface area contributed by atoms with Crippen molar-refractivity contribution >= 4 is 29.1 Å². The summed E-state index contributed by atoms with van der Waals surface area (Å²) in [5.41, 5.74) is 1.43. The van der Waals surface area contributed by atoms with Crippen LogP contribution in [-0.2, 0) is 0 Å². The van der Waals surface area contributed by atoms with E-state index >= 15 is 0 Å². The van der Waals surface area contributed by atoms with Crippen molar-refractivity contribution in [1.29, 1.82) is 0 Å². The average molecular weight is 295 g/mol. The molecule has 1 aromatic heterocycles. The van der Waals surface area contributed by atoms with E-state index in [4.69, 9.17) is 23.2 Å². The van der Waals surface area contributed by atoms with Gasteiger partial charge in [0.2, 0.25) is 0 Å². The summed E-state index contributed by atoms with van der Waals surface area (Å²) >= 11 is 11.5. The van der Waals surface area contributed by atoms with Crippen LogP contribution in [-0.4, -0.2) is 10.9 Å². The number of halogens is 2. The molecule has 1 atom stereocenters. The molecule has 0 saturated carbocycles. The molecule has 1 aromatic carbocycles. The van der Waals surface area contributed by atoms with Gasteiger partial charge in [-0.25, -0.2) is 4.98 Å². The van der Waals surface area contributed by atoms with E-state index in [2.05, 4.69) is 10.3 Å². The SMILES string of the molecule is CC(NC(=O)c1cc(Cl)nc(Cl)c1)c1ccccc1. The zero-order valence-corrected chi connectivity index (χ0v) is 11.7. The maximum atomic E-state index is 12.1. The molecular weight excluding hydrogens is 283 g/mol. The average Bonchev–Trinajstić information content (AvgIpc) is 2.38. The molecule has 0 spiro atoms. The zero-order valence-electron chi connectivity index (χ0n) is 10.2. The molecule has 1 N–H and O–H groups in total. The van der Waals surface area contributed by atoms with Crippen LogP contribution in [0.25, 0.3) is 0 Å². The van der Waals surface area contributed by atoms with Gasteiger partial charge in [-0.1, -0.05) is 53.5 Å². The van der Waals surface area contributed by atoms with Gasteiger partial charge in [0.25, 0.3) is 5.91 Å². The van der Waals surface area contributed by atoms with E-state index in [-0.39, 0.29) is 22.3 Å². The summed E-state index contributed by atoms with van der Waals surface area (Å²) in [5, 5.41) is 3.28. The number of pyridine rings is 1.